The van der Waals surface area contributed by atoms with Crippen LogP contribution in [-0.2, 0) is 29.6 Å². The van der Waals surface area contributed by atoms with Crippen LogP contribution in [0.15, 0.2) is 30.3 Å². The first kappa shape index (κ1) is 15.2. The Morgan fingerprint density at radius 3 is 2.53 bits per heavy atom. The van der Waals surface area contributed by atoms with E-state index >= 15 is 0 Å². The van der Waals surface area contributed by atoms with Crippen molar-refractivity contribution in [2.45, 2.75) is 24.0 Å². The molecule has 3 rings (SSSR count). The van der Waals surface area contributed by atoms with Gasteiger partial charge in [-0.3, -0.25) is 0 Å². The van der Waals surface area contributed by atoms with E-state index in [1.54, 1.807) is 0 Å². The van der Waals surface area contributed by atoms with Crippen molar-refractivity contribution in [2.24, 2.45) is 5.41 Å². The Balaban J connectivity index is 0.00000133. The van der Waals surface area contributed by atoms with Crippen molar-refractivity contribution < 1.29 is 51.8 Å². The third kappa shape index (κ3) is 3.30. The van der Waals surface area contributed by atoms with Crippen LogP contribution in [0.5, 0.6) is 0 Å². The number of carbonyl (C=O) groups is 1. The number of halogens is 1. The molecule has 0 N–H and O–H groups in total. The molecule has 2 aliphatic rings. The molecule has 3 nitrogen and oxygen atoms in total. The summed E-state index contributed by atoms with van der Waals surface area (Å²) >= 11 is 1.40. The first-order valence-electron chi connectivity index (χ1n) is 6.46. The van der Waals surface area contributed by atoms with Crippen molar-refractivity contribution in [1.29, 1.82) is 0 Å². The average molecular weight is 423 g/mol. The molecule has 0 aromatic heterocycles. The Kier molecular flexibility index (Phi) is 4.88. The molecular weight excluding hydrogens is 406 g/mol. The van der Waals surface area contributed by atoms with Gasteiger partial charge in [-0.1, -0.05) is 0 Å². The summed E-state index contributed by atoms with van der Waals surface area (Å²) in [5, 5.41) is 0. The number of nitrogens with zero attached hydrogens (tertiary/aromatic N) is 1. The van der Waals surface area contributed by atoms with Crippen molar-refractivity contribution >= 4 is 6.09 Å². The Bertz CT molecular complexity index is 440. The molecule has 5 heteroatoms. The van der Waals surface area contributed by atoms with Crippen molar-refractivity contribution in [1.82, 2.24) is 4.90 Å². The van der Waals surface area contributed by atoms with Gasteiger partial charge in [0, 0.05) is 0 Å². The van der Waals surface area contributed by atoms with Crippen LogP contribution in [0.4, 0.5) is 4.79 Å². The minimum absolute atomic E-state index is 0. The van der Waals surface area contributed by atoms with E-state index in [4.69, 9.17) is 4.74 Å². The summed E-state index contributed by atoms with van der Waals surface area (Å²) in [7, 11) is 0. The second-order valence-corrected chi connectivity index (χ2v) is 8.09. The maximum Gasteiger partial charge on any atom is -1.00 e. The molecular formula is C14H16INO2Zn. The van der Waals surface area contributed by atoms with Gasteiger partial charge in [-0.05, 0) is 0 Å². The van der Waals surface area contributed by atoms with E-state index in [2.05, 4.69) is 0 Å². The maximum atomic E-state index is 11.8. The van der Waals surface area contributed by atoms with Crippen LogP contribution in [0.3, 0.4) is 0 Å². The average Bonchev–Trinajstić information content (AvgIpc) is 2.30. The fraction of sp³-hybridized carbons (Fsp3) is 0.500. The number of ether oxygens (including phenoxy) is 1. The molecule has 0 radical (unpaired) electrons. The van der Waals surface area contributed by atoms with Gasteiger partial charge in [0.2, 0.25) is 0 Å². The van der Waals surface area contributed by atoms with Crippen LogP contribution in [0, 0.1) is 5.41 Å². The van der Waals surface area contributed by atoms with Gasteiger partial charge in [0.15, 0.2) is 0 Å². The van der Waals surface area contributed by atoms with Crippen molar-refractivity contribution in [3.8, 4) is 0 Å². The van der Waals surface area contributed by atoms with Crippen LogP contribution < -0.4 is 24.0 Å². The van der Waals surface area contributed by atoms with Gasteiger partial charge in [0.25, 0.3) is 0 Å². The largest absolute Gasteiger partial charge is 1.00 e. The molecule has 1 aliphatic carbocycles. The Hall–Kier alpha value is -0.157. The zero-order chi connectivity index (χ0) is 12.6. The van der Waals surface area contributed by atoms with Crippen molar-refractivity contribution in [2.75, 3.05) is 13.1 Å². The van der Waals surface area contributed by atoms with Gasteiger partial charge >= 0.3 is 117 Å². The van der Waals surface area contributed by atoms with E-state index in [1.807, 2.05) is 35.2 Å². The number of benzene rings is 1. The zero-order valence-corrected chi connectivity index (χ0v) is 16.0. The summed E-state index contributed by atoms with van der Waals surface area (Å²) in [5.74, 6) is 0. The molecule has 0 atom stereocenters. The van der Waals surface area contributed by atoms with Gasteiger partial charge in [-0.2, -0.15) is 0 Å². The second-order valence-electron chi connectivity index (χ2n) is 5.67. The number of rotatable bonds is 2. The normalized spacial score (nSPS) is 20.2. The first-order valence-corrected chi connectivity index (χ1v) is 8.17. The quantitative estimate of drug-likeness (QED) is 0.486. The molecule has 1 saturated heterocycles. The topological polar surface area (TPSA) is 29.5 Å². The Morgan fingerprint density at radius 1 is 1.32 bits per heavy atom. The van der Waals surface area contributed by atoms with Crippen molar-refractivity contribution in [3.63, 3.8) is 0 Å². The maximum absolute atomic E-state index is 11.8. The van der Waals surface area contributed by atoms with Crippen LogP contribution in [0.2, 0.25) is 4.51 Å². The molecule has 0 bridgehead atoms. The second kappa shape index (κ2) is 6.08. The molecule has 1 amide bonds. The van der Waals surface area contributed by atoms with Gasteiger partial charge in [0.1, 0.15) is 0 Å². The van der Waals surface area contributed by atoms with E-state index in [-0.39, 0.29) is 30.1 Å². The molecule has 1 aliphatic heterocycles. The molecule has 1 spiro atoms. The molecule has 1 saturated carbocycles. The van der Waals surface area contributed by atoms with E-state index in [0.29, 0.717) is 12.0 Å². The van der Waals surface area contributed by atoms with E-state index in [9.17, 15) is 4.79 Å². The van der Waals surface area contributed by atoms with Crippen LogP contribution in [0.25, 0.3) is 0 Å². The molecule has 1 aromatic carbocycles. The number of amides is 1. The fourth-order valence-corrected chi connectivity index (χ4v) is 5.70. The summed E-state index contributed by atoms with van der Waals surface area (Å²) in [6.45, 7) is 2.21. The fourth-order valence-electron chi connectivity index (χ4n) is 3.13. The predicted molar refractivity (Wildman–Crippen MR) is 63.6 cm³/mol. The third-order valence-electron chi connectivity index (χ3n) is 3.96. The van der Waals surface area contributed by atoms with E-state index in [0.717, 1.165) is 23.2 Å². The number of likely N-dealkylation sites (tertiary alicyclic amines) is 1. The van der Waals surface area contributed by atoms with Crippen LogP contribution >= 0.6 is 0 Å². The van der Waals surface area contributed by atoms with Gasteiger partial charge < -0.3 is 24.0 Å². The number of carbonyl (C=O) groups excluding carboxylic acids is 1. The SMILES string of the molecule is O=C(OCc1ccccc1)N1CC2(C[CH]([Zn+])C2)C1.[I-]. The summed E-state index contributed by atoms with van der Waals surface area (Å²) < 4.78 is 6.28. The zero-order valence-electron chi connectivity index (χ0n) is 10.8. The summed E-state index contributed by atoms with van der Waals surface area (Å²) in [6.07, 6.45) is 2.50. The summed E-state index contributed by atoms with van der Waals surface area (Å²) in [6, 6.07) is 9.83. The van der Waals surface area contributed by atoms with E-state index in [1.165, 1.54) is 31.1 Å². The smallest absolute Gasteiger partial charge is 1.00 e. The molecule has 2 fully saturated rings. The molecule has 1 aromatic rings. The van der Waals surface area contributed by atoms with Crippen molar-refractivity contribution in [3.05, 3.63) is 35.9 Å². The molecule has 1 heterocycles. The third-order valence-corrected chi connectivity index (χ3v) is 5.17. The molecule has 98 valence electrons. The van der Waals surface area contributed by atoms with Gasteiger partial charge in [0.05, 0.1) is 0 Å². The summed E-state index contributed by atoms with van der Waals surface area (Å²) in [4.78, 5) is 13.7. The van der Waals surface area contributed by atoms with Gasteiger partial charge in [-0.25, -0.2) is 0 Å². The van der Waals surface area contributed by atoms with Crippen LogP contribution in [-0.4, -0.2) is 24.1 Å². The first-order chi connectivity index (χ1) is 8.67. The predicted octanol–water partition coefficient (Wildman–Crippen LogP) is -0.242. The molecule has 0 unspecified atom stereocenters. The summed E-state index contributed by atoms with van der Waals surface area (Å²) in [5.41, 5.74) is 1.53. The van der Waals surface area contributed by atoms with Gasteiger partial charge in [-0.15, -0.1) is 0 Å². The Labute approximate surface area is 140 Å². The number of hydrogen-bond donors (Lipinski definition) is 0. The van der Waals surface area contributed by atoms with Crippen LogP contribution in [0.1, 0.15) is 18.4 Å². The Morgan fingerprint density at radius 2 is 1.95 bits per heavy atom. The standard InChI is InChI=1S/C14H16NO2.HI.Zn/c16-13(15-10-14(11-15)7-4-8-14)17-9-12-5-2-1-3-6-12;;/h1-6H,7-11H2;1H;/q;;+1/p-1. The minimum Gasteiger partial charge on any atom is -1.00 e. The van der Waals surface area contributed by atoms with E-state index < -0.39 is 0 Å². The number of hydrogen-bond acceptors (Lipinski definition) is 2. The molecule has 19 heavy (non-hydrogen) atoms. The minimum atomic E-state index is -0.153. The monoisotopic (exact) mass is 421 g/mol.